The molecule has 2 nitrogen and oxygen atoms in total. The SMILES string of the molecule is CCNC1CCc2cc(OC3CC(C)CC(C)C3)ccc21. The zero-order chi connectivity index (χ0) is 14.8. The zero-order valence-corrected chi connectivity index (χ0v) is 13.7. The molecule has 0 spiro atoms. The fourth-order valence-electron chi connectivity index (χ4n) is 4.29. The summed E-state index contributed by atoms with van der Waals surface area (Å²) in [6.45, 7) is 7.94. The van der Waals surface area contributed by atoms with E-state index >= 15 is 0 Å². The van der Waals surface area contributed by atoms with Crippen molar-refractivity contribution in [2.45, 2.75) is 65.0 Å². The van der Waals surface area contributed by atoms with Gasteiger partial charge in [-0.2, -0.15) is 0 Å². The molecule has 1 aromatic carbocycles. The second-order valence-electron chi connectivity index (χ2n) is 7.17. The molecule has 2 heteroatoms. The smallest absolute Gasteiger partial charge is 0.120 e. The number of hydrogen-bond acceptors (Lipinski definition) is 2. The summed E-state index contributed by atoms with van der Waals surface area (Å²) >= 11 is 0. The van der Waals surface area contributed by atoms with E-state index in [2.05, 4.69) is 44.3 Å². The van der Waals surface area contributed by atoms with E-state index in [1.54, 1.807) is 0 Å². The van der Waals surface area contributed by atoms with E-state index in [0.29, 0.717) is 12.1 Å². The lowest BCUT2D eigenvalue weighted by molar-refractivity contribution is 0.101. The average molecular weight is 287 g/mol. The van der Waals surface area contributed by atoms with Gasteiger partial charge in [0.1, 0.15) is 5.75 Å². The summed E-state index contributed by atoms with van der Waals surface area (Å²) < 4.78 is 6.30. The number of aryl methyl sites for hydroxylation is 1. The molecule has 0 heterocycles. The van der Waals surface area contributed by atoms with Gasteiger partial charge in [0, 0.05) is 6.04 Å². The molecule has 0 aromatic heterocycles. The quantitative estimate of drug-likeness (QED) is 0.881. The molecule has 3 rings (SSSR count). The molecule has 2 aliphatic carbocycles. The van der Waals surface area contributed by atoms with Crippen LogP contribution in [0.4, 0.5) is 0 Å². The van der Waals surface area contributed by atoms with Crippen LogP contribution in [-0.4, -0.2) is 12.6 Å². The molecule has 0 saturated heterocycles. The average Bonchev–Trinajstić information content (AvgIpc) is 2.81. The van der Waals surface area contributed by atoms with Crippen molar-refractivity contribution in [3.63, 3.8) is 0 Å². The van der Waals surface area contributed by atoms with Crippen molar-refractivity contribution in [3.05, 3.63) is 29.3 Å². The van der Waals surface area contributed by atoms with E-state index in [9.17, 15) is 0 Å². The number of ether oxygens (including phenoxy) is 1. The lowest BCUT2D eigenvalue weighted by atomic mass is 9.82. The predicted molar refractivity (Wildman–Crippen MR) is 87.8 cm³/mol. The molecule has 2 aliphatic rings. The predicted octanol–water partition coefficient (Wildman–Crippen LogP) is 4.49. The minimum atomic E-state index is 0.410. The molecule has 1 fully saturated rings. The van der Waals surface area contributed by atoms with Crippen LogP contribution in [0, 0.1) is 11.8 Å². The Morgan fingerprint density at radius 1 is 1.14 bits per heavy atom. The third kappa shape index (κ3) is 3.42. The first kappa shape index (κ1) is 14.9. The van der Waals surface area contributed by atoms with Gasteiger partial charge >= 0.3 is 0 Å². The van der Waals surface area contributed by atoms with Crippen molar-refractivity contribution in [2.24, 2.45) is 11.8 Å². The molecule has 1 aromatic rings. The van der Waals surface area contributed by atoms with Gasteiger partial charge in [0.2, 0.25) is 0 Å². The second kappa shape index (κ2) is 6.39. The van der Waals surface area contributed by atoms with E-state index in [-0.39, 0.29) is 0 Å². The van der Waals surface area contributed by atoms with Crippen LogP contribution < -0.4 is 10.1 Å². The molecule has 116 valence electrons. The Morgan fingerprint density at radius 3 is 2.62 bits per heavy atom. The van der Waals surface area contributed by atoms with Crippen LogP contribution in [0.25, 0.3) is 0 Å². The van der Waals surface area contributed by atoms with Crippen molar-refractivity contribution in [3.8, 4) is 5.75 Å². The summed E-state index contributed by atoms with van der Waals surface area (Å²) in [6, 6.07) is 7.30. The normalized spacial score (nSPS) is 32.0. The monoisotopic (exact) mass is 287 g/mol. The molecule has 0 bridgehead atoms. The highest BCUT2D eigenvalue weighted by atomic mass is 16.5. The lowest BCUT2D eigenvalue weighted by Crippen LogP contribution is -2.28. The lowest BCUT2D eigenvalue weighted by Gasteiger charge is -2.31. The zero-order valence-electron chi connectivity index (χ0n) is 13.7. The molecule has 0 radical (unpaired) electrons. The number of hydrogen-bond donors (Lipinski definition) is 1. The highest BCUT2D eigenvalue weighted by Crippen LogP contribution is 2.35. The summed E-state index contributed by atoms with van der Waals surface area (Å²) in [4.78, 5) is 0. The molecule has 21 heavy (non-hydrogen) atoms. The Kier molecular flexibility index (Phi) is 4.54. The van der Waals surface area contributed by atoms with Gasteiger partial charge in [0.05, 0.1) is 6.10 Å². The van der Waals surface area contributed by atoms with Gasteiger partial charge in [0.25, 0.3) is 0 Å². The summed E-state index contributed by atoms with van der Waals surface area (Å²) in [5.41, 5.74) is 2.96. The second-order valence-corrected chi connectivity index (χ2v) is 7.17. The molecule has 1 saturated carbocycles. The maximum atomic E-state index is 6.30. The van der Waals surface area contributed by atoms with Crippen LogP contribution in [0.1, 0.15) is 63.6 Å². The van der Waals surface area contributed by atoms with E-state index in [0.717, 1.165) is 24.1 Å². The highest BCUT2D eigenvalue weighted by molar-refractivity contribution is 5.40. The van der Waals surface area contributed by atoms with Crippen LogP contribution in [0.2, 0.25) is 0 Å². The molecule has 1 N–H and O–H groups in total. The number of benzene rings is 1. The molecule has 0 amide bonds. The molecule has 0 aliphatic heterocycles. The Morgan fingerprint density at radius 2 is 1.90 bits per heavy atom. The van der Waals surface area contributed by atoms with Gasteiger partial charge in [-0.25, -0.2) is 0 Å². The largest absolute Gasteiger partial charge is 0.490 e. The van der Waals surface area contributed by atoms with Crippen molar-refractivity contribution in [1.82, 2.24) is 5.32 Å². The molecular weight excluding hydrogens is 258 g/mol. The van der Waals surface area contributed by atoms with Crippen LogP contribution in [-0.2, 0) is 6.42 Å². The Hall–Kier alpha value is -1.02. The van der Waals surface area contributed by atoms with E-state index in [1.165, 1.54) is 43.2 Å². The van der Waals surface area contributed by atoms with E-state index in [4.69, 9.17) is 4.74 Å². The van der Waals surface area contributed by atoms with Gasteiger partial charge in [-0.1, -0.05) is 26.8 Å². The van der Waals surface area contributed by atoms with E-state index in [1.807, 2.05) is 0 Å². The molecule has 3 atom stereocenters. The summed E-state index contributed by atoms with van der Waals surface area (Å²) in [5.74, 6) is 2.68. The van der Waals surface area contributed by atoms with Crippen molar-refractivity contribution >= 4 is 0 Å². The number of nitrogens with one attached hydrogen (secondary N) is 1. The first-order valence-electron chi connectivity index (χ1n) is 8.68. The molecule has 3 unspecified atom stereocenters. The van der Waals surface area contributed by atoms with Gasteiger partial charge in [0.15, 0.2) is 0 Å². The van der Waals surface area contributed by atoms with Crippen LogP contribution in [0.15, 0.2) is 18.2 Å². The maximum absolute atomic E-state index is 6.30. The fraction of sp³-hybridized carbons (Fsp3) is 0.684. The van der Waals surface area contributed by atoms with Crippen LogP contribution >= 0.6 is 0 Å². The van der Waals surface area contributed by atoms with Crippen LogP contribution in [0.5, 0.6) is 5.75 Å². The van der Waals surface area contributed by atoms with Gasteiger partial charge in [-0.3, -0.25) is 0 Å². The Labute approximate surface area is 129 Å². The summed E-state index contributed by atoms with van der Waals surface area (Å²) in [5, 5.41) is 3.57. The third-order valence-electron chi connectivity index (χ3n) is 5.08. The van der Waals surface area contributed by atoms with Gasteiger partial charge in [-0.15, -0.1) is 0 Å². The van der Waals surface area contributed by atoms with Crippen LogP contribution in [0.3, 0.4) is 0 Å². The minimum absolute atomic E-state index is 0.410. The molecular formula is C19H29NO. The summed E-state index contributed by atoms with van der Waals surface area (Å²) in [7, 11) is 0. The Bertz CT molecular complexity index is 474. The third-order valence-corrected chi connectivity index (χ3v) is 5.08. The van der Waals surface area contributed by atoms with Gasteiger partial charge in [-0.05, 0) is 73.7 Å². The first-order chi connectivity index (χ1) is 10.2. The van der Waals surface area contributed by atoms with Crippen molar-refractivity contribution in [1.29, 1.82) is 0 Å². The number of fused-ring (bicyclic) bond motifs is 1. The standard InChI is InChI=1S/C19H29NO/c1-4-20-19-8-5-15-12-16(6-7-18(15)19)21-17-10-13(2)9-14(3)11-17/h6-7,12-14,17,19-20H,4-5,8-11H2,1-3H3. The minimum Gasteiger partial charge on any atom is -0.490 e. The Balaban J connectivity index is 1.67. The van der Waals surface area contributed by atoms with Gasteiger partial charge < -0.3 is 10.1 Å². The van der Waals surface area contributed by atoms with E-state index < -0.39 is 0 Å². The topological polar surface area (TPSA) is 21.3 Å². The highest BCUT2D eigenvalue weighted by Gasteiger charge is 2.26. The maximum Gasteiger partial charge on any atom is 0.120 e. The number of rotatable bonds is 4. The van der Waals surface area contributed by atoms with Crippen molar-refractivity contribution in [2.75, 3.05) is 6.54 Å². The van der Waals surface area contributed by atoms with Crippen molar-refractivity contribution < 1.29 is 4.74 Å². The summed E-state index contributed by atoms with van der Waals surface area (Å²) in [6.07, 6.45) is 6.59. The fourth-order valence-corrected chi connectivity index (χ4v) is 4.29. The first-order valence-corrected chi connectivity index (χ1v) is 8.68.